The zero-order valence-corrected chi connectivity index (χ0v) is 25.4. The quantitative estimate of drug-likeness (QED) is 0.259. The Bertz CT molecular complexity index is 1440. The fraction of sp³-hybridized carbons (Fsp3) is 0.441. The lowest BCUT2D eigenvalue weighted by molar-refractivity contribution is -0.146. The third kappa shape index (κ3) is 7.41. The van der Waals surface area contributed by atoms with Crippen molar-refractivity contribution in [1.29, 1.82) is 0 Å². The van der Waals surface area contributed by atoms with Crippen LogP contribution in [0.25, 0.3) is 10.8 Å². The Morgan fingerprint density at radius 3 is 2.31 bits per heavy atom. The van der Waals surface area contributed by atoms with Crippen molar-refractivity contribution in [2.24, 2.45) is 5.92 Å². The van der Waals surface area contributed by atoms with Crippen molar-refractivity contribution in [3.63, 3.8) is 0 Å². The molecule has 2 unspecified atom stereocenters. The number of nitrogens with zero attached hydrogens (tertiary/aromatic N) is 1. The summed E-state index contributed by atoms with van der Waals surface area (Å²) < 4.78 is 5.48. The lowest BCUT2D eigenvalue weighted by Gasteiger charge is -2.44. The molecule has 0 aliphatic heterocycles. The van der Waals surface area contributed by atoms with Gasteiger partial charge in [0.25, 0.3) is 5.91 Å². The summed E-state index contributed by atoms with van der Waals surface area (Å²) in [6.07, 6.45) is 2.03. The van der Waals surface area contributed by atoms with E-state index in [1.807, 2.05) is 56.3 Å². The number of para-hydroxylation sites is 1. The Labute approximate surface area is 248 Å². The number of alkyl carbamates (subject to hydrolysis) is 1. The molecule has 3 aromatic rings. The highest BCUT2D eigenvalue weighted by atomic mass is 16.6. The zero-order chi connectivity index (χ0) is 30.6. The van der Waals surface area contributed by atoms with Crippen LogP contribution < -0.4 is 10.6 Å². The summed E-state index contributed by atoms with van der Waals surface area (Å²) in [5.74, 6) is -0.769. The summed E-state index contributed by atoms with van der Waals surface area (Å²) in [4.78, 5) is 43.1. The number of carbonyl (C=O) groups is 3. The van der Waals surface area contributed by atoms with Crippen LogP contribution in [0.5, 0.6) is 5.75 Å². The minimum atomic E-state index is -1.12. The van der Waals surface area contributed by atoms with Gasteiger partial charge in [0.2, 0.25) is 5.91 Å². The maximum atomic E-state index is 14.5. The van der Waals surface area contributed by atoms with Crippen LogP contribution in [0.4, 0.5) is 10.5 Å². The Morgan fingerprint density at radius 1 is 1.00 bits per heavy atom. The molecule has 4 rings (SSSR count). The third-order valence-electron chi connectivity index (χ3n) is 7.53. The third-order valence-corrected chi connectivity index (χ3v) is 7.53. The highest BCUT2D eigenvalue weighted by molar-refractivity contribution is 6.01. The van der Waals surface area contributed by atoms with Gasteiger partial charge in [0.05, 0.1) is 0 Å². The van der Waals surface area contributed by atoms with Crippen molar-refractivity contribution in [3.05, 3.63) is 71.8 Å². The number of phenolic OH excluding ortho intramolecular Hbond substituents is 1. The highest BCUT2D eigenvalue weighted by Gasteiger charge is 2.43. The molecule has 2 atom stereocenters. The maximum absolute atomic E-state index is 14.5. The first-order valence-electron chi connectivity index (χ1n) is 14.7. The lowest BCUT2D eigenvalue weighted by Crippen LogP contribution is -2.57. The van der Waals surface area contributed by atoms with Crippen LogP contribution in [0, 0.1) is 12.8 Å². The van der Waals surface area contributed by atoms with Gasteiger partial charge >= 0.3 is 6.09 Å². The number of nitrogens with one attached hydrogen (secondary N) is 2. The van der Waals surface area contributed by atoms with E-state index in [-0.39, 0.29) is 23.6 Å². The van der Waals surface area contributed by atoms with Gasteiger partial charge in [-0.3, -0.25) is 9.59 Å². The molecule has 3 amide bonds. The minimum Gasteiger partial charge on any atom is -0.507 e. The summed E-state index contributed by atoms with van der Waals surface area (Å²) in [6.45, 7) is 11.0. The Hall–Kier alpha value is -4.07. The predicted octanol–water partition coefficient (Wildman–Crippen LogP) is 6.85. The molecule has 1 aliphatic rings. The monoisotopic (exact) mass is 573 g/mol. The van der Waals surface area contributed by atoms with Crippen molar-refractivity contribution in [2.75, 3.05) is 5.32 Å². The van der Waals surface area contributed by atoms with E-state index < -0.39 is 29.7 Å². The molecule has 8 heteroatoms. The van der Waals surface area contributed by atoms with Crippen LogP contribution in [0.3, 0.4) is 0 Å². The number of aryl methyl sites for hydroxylation is 1. The van der Waals surface area contributed by atoms with Crippen molar-refractivity contribution < 1.29 is 24.2 Å². The van der Waals surface area contributed by atoms with Crippen molar-refractivity contribution in [2.45, 2.75) is 91.0 Å². The second-order valence-electron chi connectivity index (χ2n) is 12.6. The average Bonchev–Trinajstić information content (AvgIpc) is 2.87. The summed E-state index contributed by atoms with van der Waals surface area (Å²) in [7, 11) is 0. The second kappa shape index (κ2) is 12.8. The molecule has 224 valence electrons. The number of rotatable bonds is 9. The normalized spacial score (nSPS) is 15.0. The number of carbonyl (C=O) groups excluding carboxylic acids is 3. The molecule has 0 aromatic heterocycles. The summed E-state index contributed by atoms with van der Waals surface area (Å²) in [6, 6.07) is 16.5. The summed E-state index contributed by atoms with van der Waals surface area (Å²) >= 11 is 0. The van der Waals surface area contributed by atoms with E-state index in [1.54, 1.807) is 50.8 Å². The maximum Gasteiger partial charge on any atom is 0.408 e. The molecule has 3 aromatic carbocycles. The average molecular weight is 574 g/mol. The summed E-state index contributed by atoms with van der Waals surface area (Å²) in [5, 5.41) is 19.0. The molecule has 0 bridgehead atoms. The van der Waals surface area contributed by atoms with E-state index in [1.165, 1.54) is 0 Å². The largest absolute Gasteiger partial charge is 0.507 e. The van der Waals surface area contributed by atoms with Crippen LogP contribution in [0.2, 0.25) is 0 Å². The van der Waals surface area contributed by atoms with Crippen LogP contribution in [0.15, 0.2) is 60.7 Å². The van der Waals surface area contributed by atoms with Crippen molar-refractivity contribution >= 4 is 34.4 Å². The van der Waals surface area contributed by atoms with Crippen LogP contribution in [-0.2, 0) is 14.3 Å². The fourth-order valence-electron chi connectivity index (χ4n) is 5.30. The smallest absolute Gasteiger partial charge is 0.408 e. The number of hydrogen-bond acceptors (Lipinski definition) is 5. The van der Waals surface area contributed by atoms with Gasteiger partial charge in [0, 0.05) is 17.3 Å². The number of phenols is 1. The molecule has 1 fully saturated rings. The number of benzene rings is 3. The molecule has 3 N–H and O–H groups in total. The van der Waals surface area contributed by atoms with Gasteiger partial charge in [-0.05, 0) is 87.8 Å². The molecule has 0 saturated heterocycles. The van der Waals surface area contributed by atoms with Gasteiger partial charge in [-0.2, -0.15) is 0 Å². The molecule has 0 spiro atoms. The zero-order valence-electron chi connectivity index (χ0n) is 25.4. The van der Waals surface area contributed by atoms with Gasteiger partial charge in [-0.1, -0.05) is 62.4 Å². The SMILES string of the molecule is Cc1cccc(C(C(=O)Nc2ccc3ccccc3c2)N(C(=O)C(CC(C)C)NC(=O)OC(C)(C)C)C2CCC2)c1O. The van der Waals surface area contributed by atoms with E-state index in [4.69, 9.17) is 4.74 Å². The molecule has 0 radical (unpaired) electrons. The van der Waals surface area contributed by atoms with Crippen LogP contribution in [0.1, 0.15) is 77.5 Å². The molecule has 42 heavy (non-hydrogen) atoms. The number of hydrogen-bond donors (Lipinski definition) is 3. The minimum absolute atomic E-state index is 0.0335. The van der Waals surface area contributed by atoms with Crippen LogP contribution >= 0.6 is 0 Å². The van der Waals surface area contributed by atoms with E-state index in [2.05, 4.69) is 10.6 Å². The number of anilines is 1. The van der Waals surface area contributed by atoms with E-state index in [0.717, 1.165) is 30.0 Å². The first-order valence-corrected chi connectivity index (χ1v) is 14.7. The van der Waals surface area contributed by atoms with Gasteiger partial charge < -0.3 is 25.4 Å². The van der Waals surface area contributed by atoms with Gasteiger partial charge in [0.1, 0.15) is 23.4 Å². The highest BCUT2D eigenvalue weighted by Crippen LogP contribution is 2.38. The Kier molecular flexibility index (Phi) is 9.44. The van der Waals surface area contributed by atoms with Crippen LogP contribution in [-0.4, -0.2) is 45.6 Å². The molecular formula is C34H43N3O5. The predicted molar refractivity (Wildman–Crippen MR) is 165 cm³/mol. The lowest BCUT2D eigenvalue weighted by atomic mass is 9.87. The Morgan fingerprint density at radius 2 is 1.69 bits per heavy atom. The van der Waals surface area contributed by atoms with Crippen molar-refractivity contribution in [3.8, 4) is 5.75 Å². The number of fused-ring (bicyclic) bond motifs is 1. The first-order chi connectivity index (χ1) is 19.8. The fourth-order valence-corrected chi connectivity index (χ4v) is 5.30. The van der Waals surface area contributed by atoms with Gasteiger partial charge in [-0.25, -0.2) is 4.79 Å². The first kappa shape index (κ1) is 30.9. The molecule has 1 aliphatic carbocycles. The van der Waals surface area contributed by atoms with Gasteiger partial charge in [-0.15, -0.1) is 0 Å². The Balaban J connectivity index is 1.75. The van der Waals surface area contributed by atoms with Gasteiger partial charge in [0.15, 0.2) is 0 Å². The summed E-state index contributed by atoms with van der Waals surface area (Å²) in [5.41, 5.74) is 0.790. The molecule has 1 saturated carbocycles. The van der Waals surface area contributed by atoms with E-state index in [0.29, 0.717) is 23.2 Å². The number of aromatic hydroxyl groups is 1. The second-order valence-corrected chi connectivity index (χ2v) is 12.6. The molecular weight excluding hydrogens is 530 g/mol. The van der Waals surface area contributed by atoms with E-state index >= 15 is 0 Å². The van der Waals surface area contributed by atoms with Crippen molar-refractivity contribution in [1.82, 2.24) is 10.2 Å². The standard InChI is InChI=1S/C34H43N3O5/c1-21(2)19-28(36-33(41)42-34(4,5)6)32(40)37(26-14-10-15-26)29(27-16-9-11-22(3)30(27)38)31(39)35-25-18-17-23-12-7-8-13-24(23)20-25/h7-9,11-13,16-18,20-21,26,28-29,38H,10,14-15,19H2,1-6H3,(H,35,39)(H,36,41). The molecule has 8 nitrogen and oxygen atoms in total. The topological polar surface area (TPSA) is 108 Å². The number of ether oxygens (including phenoxy) is 1. The number of amides is 3. The molecule has 0 heterocycles. The van der Waals surface area contributed by atoms with E-state index in [9.17, 15) is 19.5 Å².